The Balaban J connectivity index is 0.989. The van der Waals surface area contributed by atoms with E-state index in [9.17, 15) is 19.2 Å². The minimum absolute atomic E-state index is 0.00406. The molecule has 4 aromatic rings. The fourth-order valence-corrected chi connectivity index (χ4v) is 8.80. The maximum atomic E-state index is 14.1. The average Bonchev–Trinajstić information content (AvgIpc) is 4.11. The van der Waals surface area contributed by atoms with Gasteiger partial charge in [0.15, 0.2) is 0 Å². The lowest BCUT2D eigenvalue weighted by Gasteiger charge is -2.36. The van der Waals surface area contributed by atoms with E-state index in [0.717, 1.165) is 59.3 Å². The molecule has 61 heavy (non-hydrogen) atoms. The molecule has 7 rings (SSSR count). The van der Waals surface area contributed by atoms with E-state index in [4.69, 9.17) is 19.2 Å². The molecule has 3 aliphatic rings. The molecule has 2 aromatic heterocycles. The highest BCUT2D eigenvalue weighted by atomic mass is 16.5. The molecule has 3 saturated heterocycles. The number of H-pyrrole nitrogens is 2. The summed E-state index contributed by atoms with van der Waals surface area (Å²) in [6.45, 7) is 8.97. The zero-order chi connectivity index (χ0) is 43.2. The number of carbonyl (C=O) groups excluding carboxylic acids is 4. The Morgan fingerprint density at radius 3 is 1.61 bits per heavy atom. The van der Waals surface area contributed by atoms with Crippen molar-refractivity contribution in [1.29, 1.82) is 0 Å². The van der Waals surface area contributed by atoms with Gasteiger partial charge in [0.2, 0.25) is 11.8 Å². The van der Waals surface area contributed by atoms with E-state index in [1.54, 1.807) is 12.4 Å². The molecule has 0 bridgehead atoms. The number of hydrogen-bond acceptors (Lipinski definition) is 9. The van der Waals surface area contributed by atoms with Crippen molar-refractivity contribution in [2.75, 3.05) is 27.4 Å². The van der Waals surface area contributed by atoms with Gasteiger partial charge in [-0.1, -0.05) is 50.0 Å². The third kappa shape index (κ3) is 9.60. The van der Waals surface area contributed by atoms with Gasteiger partial charge in [0.25, 0.3) is 0 Å². The molecule has 4 amide bonds. The number of aromatic nitrogens is 4. The first-order valence-electron chi connectivity index (χ1n) is 21.2. The van der Waals surface area contributed by atoms with Crippen LogP contribution in [0.2, 0.25) is 0 Å². The summed E-state index contributed by atoms with van der Waals surface area (Å²) in [4.78, 5) is 72.2. The molecule has 0 radical (unpaired) electrons. The number of ether oxygens (including phenoxy) is 3. The number of alkyl carbamates (subject to hydrolysis) is 2. The van der Waals surface area contributed by atoms with Gasteiger partial charge in [-0.15, -0.1) is 0 Å². The van der Waals surface area contributed by atoms with Gasteiger partial charge < -0.3 is 44.6 Å². The van der Waals surface area contributed by atoms with E-state index in [1.165, 1.54) is 14.2 Å². The summed E-state index contributed by atoms with van der Waals surface area (Å²) >= 11 is 0. The van der Waals surface area contributed by atoms with Crippen LogP contribution in [0.3, 0.4) is 0 Å². The van der Waals surface area contributed by atoms with E-state index < -0.39 is 24.3 Å². The summed E-state index contributed by atoms with van der Waals surface area (Å²) in [5, 5.41) is 5.53. The summed E-state index contributed by atoms with van der Waals surface area (Å²) < 4.78 is 15.2. The van der Waals surface area contributed by atoms with Gasteiger partial charge in [-0.05, 0) is 99.6 Å². The molecule has 4 N–H and O–H groups in total. The first-order valence-corrected chi connectivity index (χ1v) is 21.2. The molecule has 322 valence electrons. The number of hydrogen-bond donors (Lipinski definition) is 4. The SMILES string of the molecule is COC(=O)N[C@H](C(=O)N1[C@@H](C)CC[C@H]1c1ncc(-c2ccc(C#Cc3ccc(-c4cnc([C@@H]5CC[C@H](C)N5C(=O)[C@@H](NC(=O)OC)C5CCOCC5)[nH]4)cc3)cc2)[nH]1)C(C)C. The number of likely N-dealkylation sites (tertiary alicyclic amines) is 2. The quantitative estimate of drug-likeness (QED) is 0.130. The molecule has 3 fully saturated rings. The lowest BCUT2D eigenvalue weighted by atomic mass is 9.90. The predicted octanol–water partition coefficient (Wildman–Crippen LogP) is 6.50. The highest BCUT2D eigenvalue weighted by Crippen LogP contribution is 2.38. The summed E-state index contributed by atoms with van der Waals surface area (Å²) in [7, 11) is 2.59. The monoisotopic (exact) mass is 832 g/mol. The van der Waals surface area contributed by atoms with Crippen LogP contribution in [0.15, 0.2) is 60.9 Å². The molecule has 0 aliphatic carbocycles. The zero-order valence-electron chi connectivity index (χ0n) is 35.7. The topological polar surface area (TPSA) is 184 Å². The van der Waals surface area contributed by atoms with Crippen LogP contribution in [0.1, 0.15) is 101 Å². The molecule has 6 atom stereocenters. The van der Waals surface area contributed by atoms with Crippen molar-refractivity contribution >= 4 is 24.0 Å². The fraction of sp³-hybridized carbons (Fsp3) is 0.478. The maximum absolute atomic E-state index is 14.1. The molecule has 0 unspecified atom stereocenters. The Morgan fingerprint density at radius 2 is 1.15 bits per heavy atom. The first kappa shape index (κ1) is 43.0. The van der Waals surface area contributed by atoms with Crippen LogP contribution in [-0.2, 0) is 23.8 Å². The molecule has 0 spiro atoms. The number of nitrogens with zero attached hydrogens (tertiary/aromatic N) is 4. The highest BCUT2D eigenvalue weighted by Gasteiger charge is 2.44. The second-order valence-electron chi connectivity index (χ2n) is 16.6. The Labute approximate surface area is 356 Å². The minimum atomic E-state index is -0.708. The van der Waals surface area contributed by atoms with Crippen LogP contribution >= 0.6 is 0 Å². The van der Waals surface area contributed by atoms with Gasteiger partial charge in [-0.3, -0.25) is 9.59 Å². The van der Waals surface area contributed by atoms with Crippen LogP contribution < -0.4 is 10.6 Å². The van der Waals surface area contributed by atoms with Crippen LogP contribution in [0.25, 0.3) is 22.5 Å². The number of rotatable bonds is 10. The van der Waals surface area contributed by atoms with E-state index in [1.807, 2.05) is 86.0 Å². The van der Waals surface area contributed by atoms with E-state index in [2.05, 4.69) is 37.4 Å². The molecule has 3 aliphatic heterocycles. The van der Waals surface area contributed by atoms with E-state index >= 15 is 0 Å². The van der Waals surface area contributed by atoms with Crippen molar-refractivity contribution in [3.05, 3.63) is 83.7 Å². The van der Waals surface area contributed by atoms with Gasteiger partial charge in [-0.2, -0.15) is 0 Å². The van der Waals surface area contributed by atoms with Gasteiger partial charge in [0, 0.05) is 36.4 Å². The number of imidazole rings is 2. The van der Waals surface area contributed by atoms with Crippen molar-refractivity contribution in [3.8, 4) is 34.4 Å². The summed E-state index contributed by atoms with van der Waals surface area (Å²) in [5.41, 5.74) is 5.28. The second-order valence-corrected chi connectivity index (χ2v) is 16.6. The summed E-state index contributed by atoms with van der Waals surface area (Å²) in [5.74, 6) is 7.51. The van der Waals surface area contributed by atoms with E-state index in [-0.39, 0.29) is 47.8 Å². The molecule has 2 aromatic carbocycles. The Hall–Kier alpha value is -6.14. The third-order valence-electron chi connectivity index (χ3n) is 12.3. The number of amides is 4. The van der Waals surface area contributed by atoms with Crippen LogP contribution in [0, 0.1) is 23.7 Å². The number of methoxy groups -OCH3 is 2. The van der Waals surface area contributed by atoms with Gasteiger partial charge >= 0.3 is 12.2 Å². The minimum Gasteiger partial charge on any atom is -0.453 e. The third-order valence-corrected chi connectivity index (χ3v) is 12.3. The highest BCUT2D eigenvalue weighted by molar-refractivity contribution is 5.87. The lowest BCUT2D eigenvalue weighted by molar-refractivity contribution is -0.139. The molecule has 0 saturated carbocycles. The van der Waals surface area contributed by atoms with Gasteiger partial charge in [-0.25, -0.2) is 19.6 Å². The molecule has 15 heteroatoms. The van der Waals surface area contributed by atoms with Gasteiger partial charge in [0.05, 0.1) is 50.1 Å². The molecule has 15 nitrogen and oxygen atoms in total. The molecular weight excluding hydrogens is 777 g/mol. The Morgan fingerprint density at radius 1 is 0.689 bits per heavy atom. The van der Waals surface area contributed by atoms with Crippen molar-refractivity contribution in [2.24, 2.45) is 11.8 Å². The van der Waals surface area contributed by atoms with Crippen molar-refractivity contribution < 1.29 is 33.4 Å². The summed E-state index contributed by atoms with van der Waals surface area (Å²) in [6.07, 6.45) is 6.88. The smallest absolute Gasteiger partial charge is 0.407 e. The molecule has 5 heterocycles. The summed E-state index contributed by atoms with van der Waals surface area (Å²) in [6, 6.07) is 14.0. The normalized spacial score (nSPS) is 21.4. The maximum Gasteiger partial charge on any atom is 0.407 e. The van der Waals surface area contributed by atoms with Crippen molar-refractivity contribution in [3.63, 3.8) is 0 Å². The van der Waals surface area contributed by atoms with Crippen molar-refractivity contribution in [2.45, 2.75) is 102 Å². The van der Waals surface area contributed by atoms with Crippen molar-refractivity contribution in [1.82, 2.24) is 40.4 Å². The Bertz CT molecular complexity index is 2230. The second kappa shape index (κ2) is 19.1. The lowest BCUT2D eigenvalue weighted by Crippen LogP contribution is -2.54. The van der Waals surface area contributed by atoms with Gasteiger partial charge in [0.1, 0.15) is 23.7 Å². The van der Waals surface area contributed by atoms with Crippen LogP contribution in [0.5, 0.6) is 0 Å². The first-order chi connectivity index (χ1) is 29.4. The number of benzene rings is 2. The number of carbonyl (C=O) groups is 4. The van der Waals surface area contributed by atoms with Crippen LogP contribution in [0.4, 0.5) is 9.59 Å². The average molecular weight is 833 g/mol. The number of aromatic amines is 2. The molecular formula is C46H56N8O7. The van der Waals surface area contributed by atoms with Crippen LogP contribution in [-0.4, -0.2) is 105 Å². The number of nitrogens with one attached hydrogen (secondary N) is 4. The fourth-order valence-electron chi connectivity index (χ4n) is 8.80. The largest absolute Gasteiger partial charge is 0.453 e. The predicted molar refractivity (Wildman–Crippen MR) is 228 cm³/mol. The Kier molecular flexibility index (Phi) is 13.4. The standard InChI is InChI=1S/C46H56N8O7/c1-27(2)39(51-45(57)59-5)43(55)53-28(3)7-19-37(53)41-47-25-35(49-41)32-15-11-30(12-16-32)9-10-31-13-17-33(18-14-31)36-26-48-42(50-36)38-20-8-29(4)54(38)44(56)40(52-46(58)60-6)34-21-23-61-24-22-34/h11-18,25-29,34,37-40H,7-8,19-24H2,1-6H3,(H,47,49)(H,48,50)(H,51,57)(H,52,58)/t28-,29-,37-,38-,39-,40-/m0/s1. The van der Waals surface area contributed by atoms with E-state index in [0.29, 0.717) is 37.7 Å². The zero-order valence-corrected chi connectivity index (χ0v) is 35.7.